The quantitative estimate of drug-likeness (QED) is 0.882. The Balaban J connectivity index is 2.13. The highest BCUT2D eigenvalue weighted by Gasteiger charge is 2.23. The molecule has 1 fully saturated rings. The maximum absolute atomic E-state index is 13.8. The minimum absolute atomic E-state index is 0.0802. The van der Waals surface area contributed by atoms with Crippen molar-refractivity contribution in [3.63, 3.8) is 0 Å². The minimum atomic E-state index is -3.78. The van der Waals surface area contributed by atoms with Crippen LogP contribution in [0, 0.1) is 5.82 Å². The lowest BCUT2D eigenvalue weighted by Crippen LogP contribution is -2.35. The second-order valence-corrected chi connectivity index (χ2v) is 7.84. The Morgan fingerprint density at radius 3 is 2.30 bits per heavy atom. The highest BCUT2D eigenvalue weighted by Crippen LogP contribution is 2.22. The van der Waals surface area contributed by atoms with E-state index in [4.69, 9.17) is 0 Å². The van der Waals surface area contributed by atoms with E-state index in [0.29, 0.717) is 4.47 Å². The number of nitrogens with one attached hydrogen (secondary N) is 1. The molecule has 0 saturated heterocycles. The van der Waals surface area contributed by atoms with E-state index in [1.54, 1.807) is 0 Å². The molecule has 112 valence electrons. The number of sulfonamides is 1. The smallest absolute Gasteiger partial charge is 0.208 e. The second-order valence-electron chi connectivity index (χ2n) is 5.24. The number of hydrogen-bond donors (Lipinski definition) is 1. The van der Waals surface area contributed by atoms with Crippen LogP contribution in [0.15, 0.2) is 27.6 Å². The zero-order valence-corrected chi connectivity index (χ0v) is 13.6. The van der Waals surface area contributed by atoms with E-state index >= 15 is 0 Å². The zero-order chi connectivity index (χ0) is 14.6. The summed E-state index contributed by atoms with van der Waals surface area (Å²) in [5.41, 5.74) is 0. The number of rotatable bonds is 3. The van der Waals surface area contributed by atoms with Crippen molar-refractivity contribution < 1.29 is 12.8 Å². The van der Waals surface area contributed by atoms with E-state index in [2.05, 4.69) is 20.7 Å². The molecule has 1 aromatic carbocycles. The van der Waals surface area contributed by atoms with Crippen molar-refractivity contribution in [1.29, 1.82) is 0 Å². The Morgan fingerprint density at radius 2 is 1.70 bits per heavy atom. The summed E-state index contributed by atoms with van der Waals surface area (Å²) < 4.78 is 41.5. The molecule has 0 aliphatic heterocycles. The van der Waals surface area contributed by atoms with Crippen LogP contribution in [-0.2, 0) is 10.0 Å². The molecule has 2 rings (SSSR count). The Kier molecular flexibility index (Phi) is 5.57. The summed E-state index contributed by atoms with van der Waals surface area (Å²) in [5.74, 6) is -0.724. The summed E-state index contributed by atoms with van der Waals surface area (Å²) in [6.07, 6.45) is 7.22. The van der Waals surface area contributed by atoms with Crippen molar-refractivity contribution in [3.8, 4) is 0 Å². The maximum atomic E-state index is 13.8. The van der Waals surface area contributed by atoms with Crippen LogP contribution in [0.2, 0.25) is 0 Å². The molecular weight excluding hydrogens is 345 g/mol. The molecule has 0 heterocycles. The molecule has 20 heavy (non-hydrogen) atoms. The highest BCUT2D eigenvalue weighted by molar-refractivity contribution is 9.10. The lowest BCUT2D eigenvalue weighted by Gasteiger charge is -2.21. The van der Waals surface area contributed by atoms with Crippen LogP contribution in [0.4, 0.5) is 4.39 Å². The van der Waals surface area contributed by atoms with Crippen molar-refractivity contribution in [2.24, 2.45) is 0 Å². The van der Waals surface area contributed by atoms with Crippen molar-refractivity contribution in [2.75, 3.05) is 0 Å². The second kappa shape index (κ2) is 7.00. The molecule has 0 atom stereocenters. The molecule has 0 radical (unpaired) electrons. The third kappa shape index (κ3) is 4.27. The molecule has 0 bridgehead atoms. The van der Waals surface area contributed by atoms with Gasteiger partial charge in [-0.1, -0.05) is 48.0 Å². The van der Waals surface area contributed by atoms with Crippen molar-refractivity contribution in [1.82, 2.24) is 4.72 Å². The first-order chi connectivity index (χ1) is 9.49. The Morgan fingerprint density at radius 1 is 1.10 bits per heavy atom. The van der Waals surface area contributed by atoms with Crippen LogP contribution in [0.25, 0.3) is 0 Å². The Hall–Kier alpha value is -0.460. The van der Waals surface area contributed by atoms with Gasteiger partial charge in [-0.05, 0) is 31.0 Å². The van der Waals surface area contributed by atoms with E-state index in [-0.39, 0.29) is 10.9 Å². The van der Waals surface area contributed by atoms with Gasteiger partial charge in [0, 0.05) is 10.5 Å². The number of hydrogen-bond acceptors (Lipinski definition) is 2. The van der Waals surface area contributed by atoms with Gasteiger partial charge < -0.3 is 0 Å². The average Bonchev–Trinajstić information content (AvgIpc) is 2.31. The molecule has 1 saturated carbocycles. The Bertz CT molecular complexity index is 554. The highest BCUT2D eigenvalue weighted by atomic mass is 79.9. The summed E-state index contributed by atoms with van der Waals surface area (Å²) >= 11 is 3.13. The largest absolute Gasteiger partial charge is 0.243 e. The fourth-order valence-electron chi connectivity index (χ4n) is 2.55. The van der Waals surface area contributed by atoms with Gasteiger partial charge in [0.25, 0.3) is 0 Å². The summed E-state index contributed by atoms with van der Waals surface area (Å²) in [6.45, 7) is 0. The standard InChI is InChI=1S/C14H19BrFNO2S/c15-11-8-9-14(13(16)10-11)20(18,19)17-12-6-4-2-1-3-5-7-12/h8-10,12,17H,1-7H2. The molecule has 1 N–H and O–H groups in total. The van der Waals surface area contributed by atoms with Gasteiger partial charge in [-0.3, -0.25) is 0 Å². The van der Waals surface area contributed by atoms with Gasteiger partial charge in [0.2, 0.25) is 10.0 Å². The van der Waals surface area contributed by atoms with Crippen LogP contribution < -0.4 is 4.72 Å². The first kappa shape index (κ1) is 15.9. The minimum Gasteiger partial charge on any atom is -0.208 e. The first-order valence-electron chi connectivity index (χ1n) is 6.96. The average molecular weight is 364 g/mol. The lowest BCUT2D eigenvalue weighted by atomic mass is 9.97. The predicted octanol–water partition coefficient (Wildman–Crippen LogP) is 3.98. The normalized spacial score (nSPS) is 18.5. The third-order valence-electron chi connectivity index (χ3n) is 3.61. The zero-order valence-electron chi connectivity index (χ0n) is 11.2. The van der Waals surface area contributed by atoms with Gasteiger partial charge in [0.05, 0.1) is 0 Å². The van der Waals surface area contributed by atoms with Gasteiger partial charge >= 0.3 is 0 Å². The molecular formula is C14H19BrFNO2S. The third-order valence-corrected chi connectivity index (χ3v) is 5.66. The van der Waals surface area contributed by atoms with Crippen LogP contribution >= 0.6 is 15.9 Å². The van der Waals surface area contributed by atoms with Crippen LogP contribution in [0.3, 0.4) is 0 Å². The van der Waals surface area contributed by atoms with Gasteiger partial charge in [-0.25, -0.2) is 17.5 Å². The molecule has 1 aromatic rings. The van der Waals surface area contributed by atoms with E-state index in [9.17, 15) is 12.8 Å². The molecule has 0 spiro atoms. The van der Waals surface area contributed by atoms with Crippen molar-refractivity contribution in [3.05, 3.63) is 28.5 Å². The van der Waals surface area contributed by atoms with Crippen LogP contribution in [0.5, 0.6) is 0 Å². The maximum Gasteiger partial charge on any atom is 0.243 e. The van der Waals surface area contributed by atoms with Gasteiger partial charge in [0.1, 0.15) is 10.7 Å². The van der Waals surface area contributed by atoms with Gasteiger partial charge in [0.15, 0.2) is 0 Å². The number of benzene rings is 1. The molecule has 0 aromatic heterocycles. The molecule has 0 unspecified atom stereocenters. The van der Waals surface area contributed by atoms with E-state index in [0.717, 1.165) is 38.5 Å². The van der Waals surface area contributed by atoms with E-state index in [1.165, 1.54) is 24.6 Å². The first-order valence-corrected chi connectivity index (χ1v) is 9.24. The number of halogens is 2. The molecule has 1 aliphatic rings. The van der Waals surface area contributed by atoms with Gasteiger partial charge in [-0.15, -0.1) is 0 Å². The summed E-state index contributed by atoms with van der Waals surface area (Å²) in [5, 5.41) is 0. The predicted molar refractivity (Wildman–Crippen MR) is 80.5 cm³/mol. The molecule has 6 heteroatoms. The lowest BCUT2D eigenvalue weighted by molar-refractivity contribution is 0.425. The van der Waals surface area contributed by atoms with Crippen molar-refractivity contribution in [2.45, 2.75) is 55.9 Å². The molecule has 3 nitrogen and oxygen atoms in total. The fraction of sp³-hybridized carbons (Fsp3) is 0.571. The Labute approximate surface area is 128 Å². The monoisotopic (exact) mass is 363 g/mol. The summed E-state index contributed by atoms with van der Waals surface area (Å²) in [7, 11) is -3.78. The summed E-state index contributed by atoms with van der Waals surface area (Å²) in [6, 6.07) is 3.93. The van der Waals surface area contributed by atoms with Crippen molar-refractivity contribution >= 4 is 26.0 Å². The van der Waals surface area contributed by atoms with Crippen LogP contribution in [0.1, 0.15) is 44.9 Å². The molecule has 1 aliphatic carbocycles. The van der Waals surface area contributed by atoms with E-state index in [1.807, 2.05) is 0 Å². The fourth-order valence-corrected chi connectivity index (χ4v) is 4.25. The topological polar surface area (TPSA) is 46.2 Å². The van der Waals surface area contributed by atoms with Gasteiger partial charge in [-0.2, -0.15) is 0 Å². The molecule has 0 amide bonds. The van der Waals surface area contributed by atoms with E-state index < -0.39 is 15.8 Å². The summed E-state index contributed by atoms with van der Waals surface area (Å²) in [4.78, 5) is -0.275. The SMILES string of the molecule is O=S(=O)(NC1CCCCCCC1)c1ccc(Br)cc1F. The van der Waals surface area contributed by atoms with Crippen LogP contribution in [-0.4, -0.2) is 14.5 Å².